The Morgan fingerprint density at radius 1 is 1.50 bits per heavy atom. The lowest BCUT2D eigenvalue weighted by Crippen LogP contribution is -2.18. The summed E-state index contributed by atoms with van der Waals surface area (Å²) in [5, 5.41) is 0.593. The molecule has 1 aromatic heterocycles. The first-order valence-electron chi connectivity index (χ1n) is 4.00. The summed E-state index contributed by atoms with van der Waals surface area (Å²) in [5.41, 5.74) is 6.96. The van der Waals surface area contributed by atoms with Gasteiger partial charge in [-0.15, -0.1) is 0 Å². The first kappa shape index (κ1) is 9.45. The van der Waals surface area contributed by atoms with Gasteiger partial charge in [-0.05, 0) is 34.7 Å². The lowest BCUT2D eigenvalue weighted by molar-refractivity contribution is 0.842. The molecule has 72 valence electrons. The van der Waals surface area contributed by atoms with Gasteiger partial charge >= 0.3 is 0 Å². The summed E-state index contributed by atoms with van der Waals surface area (Å²) >= 11 is 2.07. The highest BCUT2D eigenvalue weighted by atomic mass is 127. The van der Waals surface area contributed by atoms with Gasteiger partial charge in [-0.25, -0.2) is 4.98 Å². The van der Waals surface area contributed by atoms with Crippen LogP contribution in [0, 0.1) is 3.57 Å². The molecule has 0 aliphatic carbocycles. The predicted molar refractivity (Wildman–Crippen MR) is 64.1 cm³/mol. The SMILES string of the molecule is Cn1cnc2ccc(N)c(I)c2c1=O. The first-order chi connectivity index (χ1) is 6.61. The molecule has 2 aromatic rings. The van der Waals surface area contributed by atoms with Gasteiger partial charge in [0.25, 0.3) is 5.56 Å². The number of nitrogen functional groups attached to an aromatic ring is 1. The fourth-order valence-corrected chi connectivity index (χ4v) is 1.96. The molecule has 0 spiro atoms. The number of aryl methyl sites for hydroxylation is 1. The van der Waals surface area contributed by atoms with Gasteiger partial charge in [0.1, 0.15) is 0 Å². The largest absolute Gasteiger partial charge is 0.398 e. The number of hydrogen-bond acceptors (Lipinski definition) is 3. The van der Waals surface area contributed by atoms with E-state index in [2.05, 4.69) is 27.6 Å². The zero-order chi connectivity index (χ0) is 10.3. The molecule has 0 atom stereocenters. The van der Waals surface area contributed by atoms with E-state index < -0.39 is 0 Å². The van der Waals surface area contributed by atoms with E-state index in [1.165, 1.54) is 10.9 Å². The second kappa shape index (κ2) is 3.23. The molecule has 0 aliphatic heterocycles. The van der Waals surface area contributed by atoms with Gasteiger partial charge in [0.15, 0.2) is 0 Å². The van der Waals surface area contributed by atoms with Crippen LogP contribution < -0.4 is 11.3 Å². The van der Waals surface area contributed by atoms with Crippen LogP contribution in [0.15, 0.2) is 23.3 Å². The molecule has 0 aliphatic rings. The highest BCUT2D eigenvalue weighted by molar-refractivity contribution is 14.1. The minimum atomic E-state index is -0.0632. The molecule has 0 unspecified atom stereocenters. The average molecular weight is 301 g/mol. The van der Waals surface area contributed by atoms with Crippen molar-refractivity contribution in [1.82, 2.24) is 9.55 Å². The van der Waals surface area contributed by atoms with E-state index >= 15 is 0 Å². The minimum absolute atomic E-state index is 0.0632. The normalized spacial score (nSPS) is 10.7. The Morgan fingerprint density at radius 3 is 2.93 bits per heavy atom. The van der Waals surface area contributed by atoms with Crippen molar-refractivity contribution < 1.29 is 0 Å². The number of anilines is 1. The molecular formula is C9H8IN3O. The Hall–Kier alpha value is -1.11. The van der Waals surface area contributed by atoms with E-state index in [-0.39, 0.29) is 5.56 Å². The number of fused-ring (bicyclic) bond motifs is 1. The van der Waals surface area contributed by atoms with Crippen LogP contribution in [0.2, 0.25) is 0 Å². The molecule has 2 N–H and O–H groups in total. The van der Waals surface area contributed by atoms with Crippen LogP contribution in [0.1, 0.15) is 0 Å². The van der Waals surface area contributed by atoms with Gasteiger partial charge in [0.2, 0.25) is 0 Å². The summed E-state index contributed by atoms with van der Waals surface area (Å²) in [7, 11) is 1.67. The molecule has 0 saturated heterocycles. The van der Waals surface area contributed by atoms with Gasteiger partial charge < -0.3 is 10.3 Å². The molecule has 5 heteroatoms. The monoisotopic (exact) mass is 301 g/mol. The maximum atomic E-state index is 11.8. The number of halogens is 1. The summed E-state index contributed by atoms with van der Waals surface area (Å²) in [6, 6.07) is 3.52. The van der Waals surface area contributed by atoms with E-state index in [1.54, 1.807) is 19.2 Å². The summed E-state index contributed by atoms with van der Waals surface area (Å²) in [6.45, 7) is 0. The molecule has 0 amide bonds. The fourth-order valence-electron chi connectivity index (χ4n) is 1.27. The molecule has 0 radical (unpaired) electrons. The van der Waals surface area contributed by atoms with E-state index in [1.807, 2.05) is 0 Å². The highest BCUT2D eigenvalue weighted by Gasteiger charge is 2.07. The molecule has 0 fully saturated rings. The summed E-state index contributed by atoms with van der Waals surface area (Å²) in [6.07, 6.45) is 1.51. The quantitative estimate of drug-likeness (QED) is 0.586. The van der Waals surface area contributed by atoms with Crippen LogP contribution in [0.3, 0.4) is 0 Å². The smallest absolute Gasteiger partial charge is 0.262 e. The van der Waals surface area contributed by atoms with Gasteiger partial charge in [0, 0.05) is 12.7 Å². The topological polar surface area (TPSA) is 60.9 Å². The molecule has 2 rings (SSSR count). The lowest BCUT2D eigenvalue weighted by atomic mass is 10.2. The number of rotatable bonds is 0. The molecule has 4 nitrogen and oxygen atoms in total. The van der Waals surface area contributed by atoms with Gasteiger partial charge in [-0.2, -0.15) is 0 Å². The number of aromatic nitrogens is 2. The summed E-state index contributed by atoms with van der Waals surface area (Å²) in [5.74, 6) is 0. The molecular weight excluding hydrogens is 293 g/mol. The Bertz CT molecular complexity index is 556. The second-order valence-electron chi connectivity index (χ2n) is 3.02. The van der Waals surface area contributed by atoms with Crippen molar-refractivity contribution in [1.29, 1.82) is 0 Å². The van der Waals surface area contributed by atoms with Gasteiger partial charge in [-0.1, -0.05) is 0 Å². The van der Waals surface area contributed by atoms with Crippen LogP contribution in [-0.2, 0) is 7.05 Å². The molecule has 1 heterocycles. The van der Waals surface area contributed by atoms with E-state index in [0.717, 1.165) is 3.57 Å². The second-order valence-corrected chi connectivity index (χ2v) is 4.10. The summed E-state index contributed by atoms with van der Waals surface area (Å²) in [4.78, 5) is 15.9. The molecule has 0 bridgehead atoms. The van der Waals surface area contributed by atoms with Crippen molar-refractivity contribution in [2.45, 2.75) is 0 Å². The fraction of sp³-hybridized carbons (Fsp3) is 0.111. The van der Waals surface area contributed by atoms with Crippen LogP contribution in [0.25, 0.3) is 10.9 Å². The first-order valence-corrected chi connectivity index (χ1v) is 5.08. The van der Waals surface area contributed by atoms with Crippen molar-refractivity contribution in [2.24, 2.45) is 7.05 Å². The highest BCUT2D eigenvalue weighted by Crippen LogP contribution is 2.21. The summed E-state index contributed by atoms with van der Waals surface area (Å²) < 4.78 is 2.22. The maximum Gasteiger partial charge on any atom is 0.262 e. The third-order valence-corrected chi connectivity index (χ3v) is 3.22. The third kappa shape index (κ3) is 1.28. The Labute approximate surface area is 93.9 Å². The minimum Gasteiger partial charge on any atom is -0.398 e. The molecule has 14 heavy (non-hydrogen) atoms. The van der Waals surface area contributed by atoms with Crippen LogP contribution in [0.5, 0.6) is 0 Å². The Morgan fingerprint density at radius 2 is 2.21 bits per heavy atom. The number of benzene rings is 1. The zero-order valence-electron chi connectivity index (χ0n) is 7.49. The number of nitrogens with two attached hydrogens (primary N) is 1. The van der Waals surface area contributed by atoms with Crippen LogP contribution in [0.4, 0.5) is 5.69 Å². The number of hydrogen-bond donors (Lipinski definition) is 1. The Kier molecular flexibility index (Phi) is 2.18. The van der Waals surface area contributed by atoms with E-state index in [0.29, 0.717) is 16.6 Å². The average Bonchev–Trinajstić information content (AvgIpc) is 2.17. The van der Waals surface area contributed by atoms with E-state index in [9.17, 15) is 4.79 Å². The molecule has 0 saturated carbocycles. The van der Waals surface area contributed by atoms with Gasteiger partial charge in [-0.3, -0.25) is 4.79 Å². The van der Waals surface area contributed by atoms with Crippen molar-refractivity contribution >= 4 is 39.2 Å². The van der Waals surface area contributed by atoms with Crippen LogP contribution in [-0.4, -0.2) is 9.55 Å². The van der Waals surface area contributed by atoms with Crippen molar-refractivity contribution in [3.8, 4) is 0 Å². The van der Waals surface area contributed by atoms with Gasteiger partial charge in [0.05, 0.1) is 20.8 Å². The molecule has 1 aromatic carbocycles. The maximum absolute atomic E-state index is 11.8. The van der Waals surface area contributed by atoms with E-state index in [4.69, 9.17) is 5.73 Å². The zero-order valence-corrected chi connectivity index (χ0v) is 9.65. The number of nitrogens with zero attached hydrogens (tertiary/aromatic N) is 2. The standard InChI is InChI=1S/C9H8IN3O/c1-13-4-12-6-3-2-5(11)8(10)7(6)9(13)14/h2-4H,11H2,1H3. The van der Waals surface area contributed by atoms with Crippen molar-refractivity contribution in [3.05, 3.63) is 32.4 Å². The predicted octanol–water partition coefficient (Wildman–Crippen LogP) is 1.12. The van der Waals surface area contributed by atoms with Crippen molar-refractivity contribution in [2.75, 3.05) is 5.73 Å². The lowest BCUT2D eigenvalue weighted by Gasteiger charge is -2.04. The van der Waals surface area contributed by atoms with Crippen molar-refractivity contribution in [3.63, 3.8) is 0 Å². The Balaban J connectivity index is 3.06. The third-order valence-electron chi connectivity index (χ3n) is 2.05. The van der Waals surface area contributed by atoms with Crippen LogP contribution >= 0.6 is 22.6 Å².